The van der Waals surface area contributed by atoms with Gasteiger partial charge in [-0.15, -0.1) is 0 Å². The second kappa shape index (κ2) is 8.09. The van der Waals surface area contributed by atoms with Crippen molar-refractivity contribution in [2.24, 2.45) is 10.9 Å². The maximum absolute atomic E-state index is 14.0. The molecule has 0 aliphatic rings. The van der Waals surface area contributed by atoms with E-state index in [9.17, 15) is 19.1 Å². The van der Waals surface area contributed by atoms with Crippen LogP contribution in [0.4, 0.5) is 8.78 Å². The number of nitrogens with zero attached hydrogens (tertiary/aromatic N) is 1. The summed E-state index contributed by atoms with van der Waals surface area (Å²) < 4.78 is 27.9. The van der Waals surface area contributed by atoms with Crippen LogP contribution in [0.5, 0.6) is 5.75 Å². The first-order valence-electron chi connectivity index (χ1n) is 8.82. The van der Waals surface area contributed by atoms with Crippen LogP contribution in [0.15, 0.2) is 53.7 Å². The van der Waals surface area contributed by atoms with Gasteiger partial charge >= 0.3 is 0 Å². The minimum absolute atomic E-state index is 0.0349. The van der Waals surface area contributed by atoms with Crippen LogP contribution in [0.1, 0.15) is 30.9 Å². The third-order valence-electron chi connectivity index (χ3n) is 4.60. The number of amidine groups is 1. The van der Waals surface area contributed by atoms with Crippen molar-refractivity contribution in [2.45, 2.75) is 19.8 Å². The van der Waals surface area contributed by atoms with E-state index in [0.717, 1.165) is 18.2 Å². The number of rotatable bonds is 4. The van der Waals surface area contributed by atoms with E-state index in [4.69, 9.17) is 17.3 Å². The lowest BCUT2D eigenvalue weighted by Crippen LogP contribution is -2.15. The first kappa shape index (κ1) is 20.6. The van der Waals surface area contributed by atoms with Crippen molar-refractivity contribution in [3.05, 3.63) is 76.3 Å². The number of hydrogen-bond donors (Lipinski definition) is 3. The van der Waals surface area contributed by atoms with Gasteiger partial charge in [-0.25, -0.2) is 8.78 Å². The minimum Gasteiger partial charge on any atom is -0.508 e. The molecule has 150 valence electrons. The Morgan fingerprint density at radius 3 is 2.24 bits per heavy atom. The average Bonchev–Trinajstić information content (AvgIpc) is 2.66. The maximum Gasteiger partial charge on any atom is 0.170 e. The molecule has 0 spiro atoms. The summed E-state index contributed by atoms with van der Waals surface area (Å²) in [5.41, 5.74) is 8.49. The Balaban J connectivity index is 2.41. The van der Waals surface area contributed by atoms with Gasteiger partial charge in [0.05, 0.1) is 0 Å². The average molecular weight is 417 g/mol. The van der Waals surface area contributed by atoms with Crippen LogP contribution in [0.3, 0.4) is 0 Å². The summed E-state index contributed by atoms with van der Waals surface area (Å²) in [6.45, 7) is 3.86. The van der Waals surface area contributed by atoms with Gasteiger partial charge in [0.2, 0.25) is 0 Å². The van der Waals surface area contributed by atoms with E-state index in [2.05, 4.69) is 5.16 Å². The van der Waals surface area contributed by atoms with Gasteiger partial charge in [-0.3, -0.25) is 0 Å². The molecule has 0 radical (unpaired) electrons. The summed E-state index contributed by atoms with van der Waals surface area (Å²) >= 11 is 6.27. The molecule has 3 rings (SSSR count). The summed E-state index contributed by atoms with van der Waals surface area (Å²) in [5.74, 6) is -1.61. The Bertz CT molecular complexity index is 1090. The highest BCUT2D eigenvalue weighted by atomic mass is 35.5. The van der Waals surface area contributed by atoms with Gasteiger partial charge in [-0.1, -0.05) is 36.7 Å². The van der Waals surface area contributed by atoms with Gasteiger partial charge in [-0.05, 0) is 64.6 Å². The van der Waals surface area contributed by atoms with Gasteiger partial charge in [0.1, 0.15) is 17.4 Å². The maximum atomic E-state index is 14.0. The van der Waals surface area contributed by atoms with Crippen molar-refractivity contribution < 1.29 is 19.1 Å². The van der Waals surface area contributed by atoms with Crippen LogP contribution < -0.4 is 5.73 Å². The highest BCUT2D eigenvalue weighted by Crippen LogP contribution is 2.40. The zero-order chi connectivity index (χ0) is 21.3. The third-order valence-corrected chi connectivity index (χ3v) is 4.82. The number of aromatic hydroxyl groups is 1. The van der Waals surface area contributed by atoms with Crippen LogP contribution in [-0.4, -0.2) is 16.1 Å². The van der Waals surface area contributed by atoms with E-state index in [1.54, 1.807) is 24.3 Å². The van der Waals surface area contributed by atoms with Crippen LogP contribution in [0.25, 0.3) is 22.3 Å². The van der Waals surface area contributed by atoms with Gasteiger partial charge in [-0.2, -0.15) is 0 Å². The molecule has 0 atom stereocenters. The van der Waals surface area contributed by atoms with E-state index in [1.807, 2.05) is 13.8 Å². The molecular weight excluding hydrogens is 398 g/mol. The first-order valence-corrected chi connectivity index (χ1v) is 9.20. The predicted octanol–water partition coefficient (Wildman–Crippen LogP) is 5.88. The lowest BCUT2D eigenvalue weighted by atomic mass is 9.88. The number of hydrogen-bond acceptors (Lipinski definition) is 3. The highest BCUT2D eigenvalue weighted by molar-refractivity contribution is 6.31. The second-order valence-electron chi connectivity index (χ2n) is 6.95. The van der Waals surface area contributed by atoms with Gasteiger partial charge in [0.25, 0.3) is 0 Å². The Hall–Kier alpha value is -3.12. The van der Waals surface area contributed by atoms with Gasteiger partial charge in [0.15, 0.2) is 5.84 Å². The molecule has 0 bridgehead atoms. The molecule has 3 aromatic rings. The molecule has 29 heavy (non-hydrogen) atoms. The molecule has 4 nitrogen and oxygen atoms in total. The summed E-state index contributed by atoms with van der Waals surface area (Å²) in [6, 6.07) is 11.2. The summed E-state index contributed by atoms with van der Waals surface area (Å²) in [4.78, 5) is 0. The molecule has 0 fully saturated rings. The van der Waals surface area contributed by atoms with Crippen molar-refractivity contribution in [3.63, 3.8) is 0 Å². The quantitative estimate of drug-likeness (QED) is 0.215. The number of benzene rings is 3. The summed E-state index contributed by atoms with van der Waals surface area (Å²) in [6.07, 6.45) is 0. The Labute approximate surface area is 171 Å². The van der Waals surface area contributed by atoms with E-state index < -0.39 is 11.6 Å². The second-order valence-corrected chi connectivity index (χ2v) is 7.38. The molecule has 3 aromatic carbocycles. The number of phenolic OH excluding ortho intramolecular Hbond substituents is 1. The zero-order valence-electron chi connectivity index (χ0n) is 15.7. The van der Waals surface area contributed by atoms with Gasteiger partial charge in [0, 0.05) is 22.2 Å². The van der Waals surface area contributed by atoms with Gasteiger partial charge < -0.3 is 16.0 Å². The SMILES string of the molecule is CC(C)c1cc(-c2cc(Cl)cc(C(N)=NO)c2-c2cc(F)cc(F)c2)ccc1O. The van der Waals surface area contributed by atoms with E-state index in [-0.39, 0.29) is 28.6 Å². The van der Waals surface area contributed by atoms with Crippen molar-refractivity contribution in [1.82, 2.24) is 0 Å². The smallest absolute Gasteiger partial charge is 0.170 e. The van der Waals surface area contributed by atoms with Crippen LogP contribution in [0.2, 0.25) is 5.02 Å². The zero-order valence-corrected chi connectivity index (χ0v) is 16.5. The first-order chi connectivity index (χ1) is 13.7. The molecular formula is C22H19ClF2N2O2. The largest absolute Gasteiger partial charge is 0.508 e. The predicted molar refractivity (Wildman–Crippen MR) is 111 cm³/mol. The van der Waals surface area contributed by atoms with Crippen molar-refractivity contribution in [1.29, 1.82) is 0 Å². The molecule has 0 saturated carbocycles. The minimum atomic E-state index is -0.764. The van der Waals surface area contributed by atoms with Crippen LogP contribution in [-0.2, 0) is 0 Å². The standard InChI is InChI=1S/C22H19ClF2N2O2/c1-11(2)17-7-12(3-4-20(17)28)18-8-14(23)9-19(22(26)27-29)21(18)13-5-15(24)10-16(25)6-13/h3-11,28-29H,1-2H3,(H2,26,27). The van der Waals surface area contributed by atoms with Crippen LogP contribution in [0, 0.1) is 11.6 Å². The molecule has 0 saturated heterocycles. The van der Waals surface area contributed by atoms with E-state index in [0.29, 0.717) is 27.3 Å². The highest BCUT2D eigenvalue weighted by Gasteiger charge is 2.19. The molecule has 0 amide bonds. The number of nitrogens with two attached hydrogens (primary N) is 1. The fraction of sp³-hybridized carbons (Fsp3) is 0.136. The van der Waals surface area contributed by atoms with Crippen molar-refractivity contribution in [2.75, 3.05) is 0 Å². The molecule has 0 aliphatic carbocycles. The molecule has 0 unspecified atom stereocenters. The molecule has 0 aromatic heterocycles. The third kappa shape index (κ3) is 4.17. The Morgan fingerprint density at radius 2 is 1.66 bits per heavy atom. The number of halogens is 3. The van der Waals surface area contributed by atoms with Crippen LogP contribution >= 0.6 is 11.6 Å². The molecule has 0 heterocycles. The Kier molecular flexibility index (Phi) is 5.75. The normalized spacial score (nSPS) is 11.9. The number of oxime groups is 1. The summed E-state index contributed by atoms with van der Waals surface area (Å²) in [7, 11) is 0. The lowest BCUT2D eigenvalue weighted by molar-refractivity contribution is 0.318. The molecule has 7 heteroatoms. The topological polar surface area (TPSA) is 78.8 Å². The van der Waals surface area contributed by atoms with E-state index in [1.165, 1.54) is 6.07 Å². The Morgan fingerprint density at radius 1 is 1.00 bits per heavy atom. The fourth-order valence-corrected chi connectivity index (χ4v) is 3.50. The monoisotopic (exact) mass is 416 g/mol. The van der Waals surface area contributed by atoms with Crippen molar-refractivity contribution >= 4 is 17.4 Å². The van der Waals surface area contributed by atoms with E-state index >= 15 is 0 Å². The molecule has 0 aliphatic heterocycles. The van der Waals surface area contributed by atoms with Crippen molar-refractivity contribution in [3.8, 4) is 28.0 Å². The molecule has 4 N–H and O–H groups in total. The fourth-order valence-electron chi connectivity index (χ4n) is 3.28. The lowest BCUT2D eigenvalue weighted by Gasteiger charge is -2.18. The summed E-state index contributed by atoms with van der Waals surface area (Å²) in [5, 5.41) is 22.7. The number of phenols is 1.